The van der Waals surface area contributed by atoms with Gasteiger partial charge in [-0.3, -0.25) is 18.8 Å². The number of nitrogens with one attached hydrogen (secondary N) is 1. The van der Waals surface area contributed by atoms with Crippen molar-refractivity contribution in [2.75, 3.05) is 28.8 Å². The molecule has 0 bridgehead atoms. The highest BCUT2D eigenvalue weighted by Crippen LogP contribution is 2.37. The van der Waals surface area contributed by atoms with Gasteiger partial charge in [-0.25, -0.2) is 8.42 Å². The van der Waals surface area contributed by atoms with E-state index in [1.807, 2.05) is 55.5 Å². The van der Waals surface area contributed by atoms with E-state index in [0.717, 1.165) is 21.2 Å². The van der Waals surface area contributed by atoms with E-state index in [2.05, 4.69) is 5.32 Å². The first-order chi connectivity index (χ1) is 21.7. The molecule has 0 spiro atoms. The van der Waals surface area contributed by atoms with Crippen molar-refractivity contribution in [2.45, 2.75) is 31.3 Å². The van der Waals surface area contributed by atoms with Gasteiger partial charge in [0.05, 0.1) is 27.7 Å². The second-order valence-corrected chi connectivity index (χ2v) is 13.8. The molecule has 2 amide bonds. The van der Waals surface area contributed by atoms with Gasteiger partial charge < -0.3 is 10.1 Å². The second-order valence-electron chi connectivity index (χ2n) is 10.8. The Bertz CT molecular complexity index is 1960. The van der Waals surface area contributed by atoms with E-state index in [1.165, 1.54) is 15.6 Å². The summed E-state index contributed by atoms with van der Waals surface area (Å²) in [5, 5.41) is 3.71. The summed E-state index contributed by atoms with van der Waals surface area (Å²) >= 11 is 1.33. The molecule has 1 aromatic heterocycles. The van der Waals surface area contributed by atoms with E-state index in [1.54, 1.807) is 66.4 Å². The number of anilines is 2. The van der Waals surface area contributed by atoms with Crippen molar-refractivity contribution in [1.29, 1.82) is 0 Å². The average Bonchev–Trinajstić information content (AvgIpc) is 3.48. The molecule has 6 rings (SSSR count). The van der Waals surface area contributed by atoms with Crippen molar-refractivity contribution >= 4 is 54.6 Å². The Hall–Kier alpha value is -4.67. The summed E-state index contributed by atoms with van der Waals surface area (Å²) in [7, 11) is -3.78. The monoisotopic (exact) mass is 639 g/mol. The number of ether oxygens (including phenoxy) is 1. The number of aryl methyl sites for hydroxylation is 1. The number of para-hydroxylation sites is 2. The molecule has 8 nitrogen and oxygen atoms in total. The zero-order chi connectivity index (χ0) is 31.6. The molecule has 0 saturated heterocycles. The van der Waals surface area contributed by atoms with Crippen LogP contribution < -0.4 is 19.3 Å². The summed E-state index contributed by atoms with van der Waals surface area (Å²) in [6.07, 6.45) is -0.185. The normalized spacial score (nSPS) is 14.4. The van der Waals surface area contributed by atoms with Crippen LogP contribution in [0.3, 0.4) is 0 Å². The molecule has 4 aromatic carbocycles. The molecular weight excluding hydrogens is 607 g/mol. The van der Waals surface area contributed by atoms with Gasteiger partial charge in [0.2, 0.25) is 0 Å². The minimum absolute atomic E-state index is 0.0604. The summed E-state index contributed by atoms with van der Waals surface area (Å²) in [4.78, 5) is 29.4. The minimum atomic E-state index is -3.78. The third-order valence-corrected chi connectivity index (χ3v) is 10.8. The molecule has 0 unspecified atom stereocenters. The van der Waals surface area contributed by atoms with Crippen molar-refractivity contribution in [1.82, 2.24) is 5.32 Å². The lowest BCUT2D eigenvalue weighted by Crippen LogP contribution is -2.51. The largest absolute Gasteiger partial charge is 0.477 e. The van der Waals surface area contributed by atoms with Crippen molar-refractivity contribution in [2.24, 2.45) is 0 Å². The van der Waals surface area contributed by atoms with Crippen LogP contribution in [0.2, 0.25) is 0 Å². The van der Waals surface area contributed by atoms with Crippen molar-refractivity contribution in [3.05, 3.63) is 119 Å². The third kappa shape index (κ3) is 6.29. The highest BCUT2D eigenvalue weighted by molar-refractivity contribution is 7.92. The van der Waals surface area contributed by atoms with Gasteiger partial charge in [0.25, 0.3) is 21.8 Å². The molecule has 1 atom stereocenters. The van der Waals surface area contributed by atoms with Gasteiger partial charge >= 0.3 is 0 Å². The van der Waals surface area contributed by atoms with E-state index >= 15 is 0 Å². The Balaban J connectivity index is 1.23. The van der Waals surface area contributed by atoms with Crippen LogP contribution in [0.15, 0.2) is 108 Å². The van der Waals surface area contributed by atoms with Crippen LogP contribution in [0.25, 0.3) is 10.1 Å². The fourth-order valence-electron chi connectivity index (χ4n) is 5.40. The van der Waals surface area contributed by atoms with Crippen LogP contribution in [-0.2, 0) is 21.2 Å². The number of carbonyl (C=O) groups excluding carboxylic acids is 2. The van der Waals surface area contributed by atoms with Gasteiger partial charge in [0, 0.05) is 17.8 Å². The maximum atomic E-state index is 14.0. The molecule has 45 heavy (non-hydrogen) atoms. The average molecular weight is 640 g/mol. The lowest BCUT2D eigenvalue weighted by Gasteiger charge is -2.34. The number of amides is 2. The number of rotatable bonds is 9. The van der Waals surface area contributed by atoms with Gasteiger partial charge in [0.1, 0.15) is 5.75 Å². The SMILES string of the molecule is CCN(c1ccc2sc(C(=O)N3C[C@@H](C(=O)NCCc4ccccc4)Oc4ccccc43)cc2c1)S(=O)(=O)c1ccc(C)cc1. The molecule has 10 heteroatoms. The maximum Gasteiger partial charge on any atom is 0.268 e. The van der Waals surface area contributed by atoms with Crippen LogP contribution >= 0.6 is 11.3 Å². The quantitative estimate of drug-likeness (QED) is 0.208. The molecular formula is C35H33N3O5S2. The number of thiophene rings is 1. The number of hydrogen-bond acceptors (Lipinski definition) is 6. The molecule has 0 fully saturated rings. The Morgan fingerprint density at radius 3 is 2.44 bits per heavy atom. The van der Waals surface area contributed by atoms with Crippen LogP contribution in [-0.4, -0.2) is 46.0 Å². The molecule has 0 saturated carbocycles. The molecule has 0 aliphatic carbocycles. The Kier molecular flexibility index (Phi) is 8.60. The van der Waals surface area contributed by atoms with Crippen molar-refractivity contribution in [3.63, 3.8) is 0 Å². The topological polar surface area (TPSA) is 96.0 Å². The molecule has 0 radical (unpaired) electrons. The predicted octanol–water partition coefficient (Wildman–Crippen LogP) is 6.19. The van der Waals surface area contributed by atoms with Crippen LogP contribution in [0.1, 0.15) is 27.7 Å². The number of nitrogens with zero attached hydrogens (tertiary/aromatic N) is 2. The van der Waals surface area contributed by atoms with Gasteiger partial charge in [-0.2, -0.15) is 0 Å². The smallest absolute Gasteiger partial charge is 0.268 e. The van der Waals surface area contributed by atoms with Crippen molar-refractivity contribution in [3.8, 4) is 5.75 Å². The minimum Gasteiger partial charge on any atom is -0.477 e. The molecule has 5 aromatic rings. The van der Waals surface area contributed by atoms with E-state index in [-0.39, 0.29) is 29.8 Å². The van der Waals surface area contributed by atoms with E-state index in [9.17, 15) is 18.0 Å². The van der Waals surface area contributed by atoms with Crippen LogP contribution in [0.5, 0.6) is 5.75 Å². The zero-order valence-corrected chi connectivity index (χ0v) is 26.6. The molecule has 1 N–H and O–H groups in total. The highest BCUT2D eigenvalue weighted by atomic mass is 32.2. The number of benzene rings is 4. The van der Waals surface area contributed by atoms with E-state index < -0.39 is 16.1 Å². The van der Waals surface area contributed by atoms with Crippen LogP contribution in [0.4, 0.5) is 11.4 Å². The summed E-state index contributed by atoms with van der Waals surface area (Å²) in [6.45, 7) is 4.46. The number of sulfonamides is 1. The summed E-state index contributed by atoms with van der Waals surface area (Å²) < 4.78 is 35.2. The second kappa shape index (κ2) is 12.7. The number of carbonyl (C=O) groups is 2. The fraction of sp³-hybridized carbons (Fsp3) is 0.200. The Labute approximate surface area is 266 Å². The molecule has 1 aliphatic rings. The third-order valence-electron chi connectivity index (χ3n) is 7.76. The maximum absolute atomic E-state index is 14.0. The molecule has 230 valence electrons. The lowest BCUT2D eigenvalue weighted by molar-refractivity contribution is -0.127. The van der Waals surface area contributed by atoms with Gasteiger partial charge in [0.15, 0.2) is 6.10 Å². The molecule has 1 aliphatic heterocycles. The summed E-state index contributed by atoms with van der Waals surface area (Å²) in [5.41, 5.74) is 3.21. The van der Waals surface area contributed by atoms with Gasteiger partial charge in [-0.1, -0.05) is 60.2 Å². The first kappa shape index (κ1) is 30.4. The lowest BCUT2D eigenvalue weighted by atomic mass is 10.1. The van der Waals surface area contributed by atoms with E-state index in [0.29, 0.717) is 35.0 Å². The summed E-state index contributed by atoms with van der Waals surface area (Å²) in [6, 6.07) is 31.1. The Morgan fingerprint density at radius 1 is 0.956 bits per heavy atom. The zero-order valence-electron chi connectivity index (χ0n) is 25.0. The first-order valence-corrected chi connectivity index (χ1v) is 17.0. The van der Waals surface area contributed by atoms with E-state index in [4.69, 9.17) is 4.74 Å². The summed E-state index contributed by atoms with van der Waals surface area (Å²) in [5.74, 6) is -0.0764. The number of hydrogen-bond donors (Lipinski definition) is 1. The number of fused-ring (bicyclic) bond motifs is 2. The molecule has 2 heterocycles. The highest BCUT2D eigenvalue weighted by Gasteiger charge is 2.35. The predicted molar refractivity (Wildman–Crippen MR) is 179 cm³/mol. The van der Waals surface area contributed by atoms with Crippen molar-refractivity contribution < 1.29 is 22.7 Å². The Morgan fingerprint density at radius 2 is 1.69 bits per heavy atom. The standard InChI is InChI=1S/C35H33N3O5S2/c1-3-38(45(41,42)28-16-13-24(2)14-17-28)27-15-18-32-26(21-27)22-33(44-32)35(40)37-23-31(43-30-12-8-7-11-29(30)37)34(39)36-20-19-25-9-5-4-6-10-25/h4-18,21-22,31H,3,19-20,23H2,1-2H3,(H,36,39)/t31-/m0/s1. The van der Waals surface area contributed by atoms with Gasteiger partial charge in [-0.15, -0.1) is 11.3 Å². The van der Waals surface area contributed by atoms with Crippen LogP contribution in [0, 0.1) is 6.92 Å². The van der Waals surface area contributed by atoms with Gasteiger partial charge in [-0.05, 0) is 79.7 Å². The first-order valence-electron chi connectivity index (χ1n) is 14.8. The fourth-order valence-corrected chi connectivity index (χ4v) is 7.86.